The van der Waals surface area contributed by atoms with Crippen LogP contribution in [0, 0.1) is 6.92 Å². The lowest BCUT2D eigenvalue weighted by atomic mass is 10.1. The third kappa shape index (κ3) is 4.22. The molecule has 0 saturated carbocycles. The molecule has 0 atom stereocenters. The van der Waals surface area contributed by atoms with Gasteiger partial charge in [-0.25, -0.2) is 4.98 Å². The van der Waals surface area contributed by atoms with E-state index in [-0.39, 0.29) is 0 Å². The number of nitrogens with zero attached hydrogens (tertiary/aromatic N) is 2. The van der Waals surface area contributed by atoms with Crippen LogP contribution in [0.1, 0.15) is 11.1 Å². The van der Waals surface area contributed by atoms with E-state index in [1.165, 1.54) is 7.05 Å². The Labute approximate surface area is 98.4 Å². The molecule has 0 unspecified atom stereocenters. The number of hydrogen-bond donors (Lipinski definition) is 1. The molecule has 3 nitrogen and oxygen atoms in total. The molecule has 0 aliphatic rings. The van der Waals surface area contributed by atoms with Crippen LogP contribution >= 0.6 is 0 Å². The summed E-state index contributed by atoms with van der Waals surface area (Å²) in [6.45, 7) is 1.24. The number of anilines is 1. The highest BCUT2D eigenvalue weighted by atomic mass is 19.4. The molecule has 1 aromatic heterocycles. The molecule has 0 aliphatic carbocycles. The Balaban J connectivity index is 2.84. The molecule has 6 heteroatoms. The molecule has 1 rings (SSSR count). The van der Waals surface area contributed by atoms with Gasteiger partial charge in [0, 0.05) is 13.2 Å². The summed E-state index contributed by atoms with van der Waals surface area (Å²) in [5, 5.41) is 0. The van der Waals surface area contributed by atoms with E-state index in [0.29, 0.717) is 18.8 Å². The molecule has 0 bridgehead atoms. The van der Waals surface area contributed by atoms with Crippen LogP contribution in [0.5, 0.6) is 0 Å². The quantitative estimate of drug-likeness (QED) is 0.883. The Hall–Kier alpha value is -1.30. The van der Waals surface area contributed by atoms with Gasteiger partial charge >= 0.3 is 6.18 Å². The van der Waals surface area contributed by atoms with E-state index in [9.17, 15) is 13.2 Å². The molecular weight excluding hydrogens is 231 g/mol. The standard InChI is InChI=1S/C11H16F3N3/c1-8-5-9(3-4-15)6-16-10(8)17(2)7-11(12,13)14/h5-6H,3-4,7,15H2,1-2H3. The molecule has 0 aliphatic heterocycles. The SMILES string of the molecule is Cc1cc(CCN)cnc1N(C)CC(F)(F)F. The minimum absolute atomic E-state index is 0.350. The highest BCUT2D eigenvalue weighted by Crippen LogP contribution is 2.22. The van der Waals surface area contributed by atoms with Gasteiger partial charge in [0.25, 0.3) is 0 Å². The van der Waals surface area contributed by atoms with Gasteiger partial charge in [-0.3, -0.25) is 0 Å². The fourth-order valence-corrected chi connectivity index (χ4v) is 1.67. The molecule has 0 amide bonds. The summed E-state index contributed by atoms with van der Waals surface area (Å²) in [6, 6.07) is 1.82. The molecule has 0 radical (unpaired) electrons. The molecular formula is C11H16F3N3. The van der Waals surface area contributed by atoms with Crippen molar-refractivity contribution in [3.8, 4) is 0 Å². The van der Waals surface area contributed by atoms with Crippen molar-refractivity contribution in [2.24, 2.45) is 5.73 Å². The fraction of sp³-hybridized carbons (Fsp3) is 0.545. The number of nitrogens with two attached hydrogens (primary N) is 1. The van der Waals surface area contributed by atoms with Crippen LogP contribution in [-0.4, -0.2) is 31.3 Å². The Kier molecular flexibility index (Phi) is 4.34. The second-order valence-corrected chi connectivity index (χ2v) is 3.99. The van der Waals surface area contributed by atoms with Crippen molar-refractivity contribution in [1.29, 1.82) is 0 Å². The predicted octanol–water partition coefficient (Wildman–Crippen LogP) is 1.89. The minimum Gasteiger partial charge on any atom is -0.350 e. The van der Waals surface area contributed by atoms with Crippen LogP contribution in [0.2, 0.25) is 0 Å². The second-order valence-electron chi connectivity index (χ2n) is 3.99. The Morgan fingerprint density at radius 3 is 2.53 bits per heavy atom. The third-order valence-corrected chi connectivity index (χ3v) is 2.32. The minimum atomic E-state index is -4.22. The maximum absolute atomic E-state index is 12.2. The number of halogens is 3. The smallest absolute Gasteiger partial charge is 0.350 e. The Bertz CT molecular complexity index is 377. The summed E-state index contributed by atoms with van der Waals surface area (Å²) in [4.78, 5) is 5.15. The molecule has 0 aromatic carbocycles. The van der Waals surface area contributed by atoms with Gasteiger partial charge in [0.1, 0.15) is 12.4 Å². The summed E-state index contributed by atoms with van der Waals surface area (Å²) < 4.78 is 36.7. The van der Waals surface area contributed by atoms with Gasteiger partial charge < -0.3 is 10.6 Å². The number of rotatable bonds is 4. The number of aryl methyl sites for hydroxylation is 1. The highest BCUT2D eigenvalue weighted by Gasteiger charge is 2.30. The average Bonchev–Trinajstić information content (AvgIpc) is 2.15. The van der Waals surface area contributed by atoms with E-state index >= 15 is 0 Å². The largest absolute Gasteiger partial charge is 0.405 e. The molecule has 1 aromatic rings. The Morgan fingerprint density at radius 1 is 1.41 bits per heavy atom. The topological polar surface area (TPSA) is 42.1 Å². The lowest BCUT2D eigenvalue weighted by molar-refractivity contribution is -0.119. The molecule has 1 heterocycles. The second kappa shape index (κ2) is 5.35. The van der Waals surface area contributed by atoms with Gasteiger partial charge in [-0.15, -0.1) is 0 Å². The summed E-state index contributed by atoms with van der Waals surface area (Å²) in [5.41, 5.74) is 7.07. The number of hydrogen-bond acceptors (Lipinski definition) is 3. The van der Waals surface area contributed by atoms with Crippen molar-refractivity contribution in [3.05, 3.63) is 23.4 Å². The van der Waals surface area contributed by atoms with E-state index in [1.807, 2.05) is 6.07 Å². The fourth-order valence-electron chi connectivity index (χ4n) is 1.67. The van der Waals surface area contributed by atoms with Crippen LogP contribution in [0.4, 0.5) is 19.0 Å². The van der Waals surface area contributed by atoms with Crippen molar-refractivity contribution in [1.82, 2.24) is 4.98 Å². The average molecular weight is 247 g/mol. The zero-order valence-corrected chi connectivity index (χ0v) is 9.88. The van der Waals surface area contributed by atoms with Crippen LogP contribution in [-0.2, 0) is 6.42 Å². The normalized spacial score (nSPS) is 11.6. The first-order chi connectivity index (χ1) is 7.83. The first kappa shape index (κ1) is 13.8. The van der Waals surface area contributed by atoms with Crippen molar-refractivity contribution in [2.75, 3.05) is 25.0 Å². The monoisotopic (exact) mass is 247 g/mol. The van der Waals surface area contributed by atoms with Gasteiger partial charge in [0.2, 0.25) is 0 Å². The zero-order valence-electron chi connectivity index (χ0n) is 9.88. The predicted molar refractivity (Wildman–Crippen MR) is 61.1 cm³/mol. The number of pyridine rings is 1. The van der Waals surface area contributed by atoms with Gasteiger partial charge in [-0.2, -0.15) is 13.2 Å². The summed E-state index contributed by atoms with van der Waals surface area (Å²) in [6.07, 6.45) is -1.97. The summed E-state index contributed by atoms with van der Waals surface area (Å²) >= 11 is 0. The molecule has 2 N–H and O–H groups in total. The van der Waals surface area contributed by atoms with Gasteiger partial charge in [-0.1, -0.05) is 6.07 Å². The van der Waals surface area contributed by atoms with Crippen LogP contribution in [0.3, 0.4) is 0 Å². The van der Waals surface area contributed by atoms with E-state index in [4.69, 9.17) is 5.73 Å². The van der Waals surface area contributed by atoms with Crippen molar-refractivity contribution in [2.45, 2.75) is 19.5 Å². The van der Waals surface area contributed by atoms with E-state index in [0.717, 1.165) is 16.0 Å². The number of aromatic nitrogens is 1. The zero-order chi connectivity index (χ0) is 13.1. The first-order valence-electron chi connectivity index (χ1n) is 5.27. The third-order valence-electron chi connectivity index (χ3n) is 2.32. The molecule has 0 fully saturated rings. The van der Waals surface area contributed by atoms with Crippen LogP contribution in [0.15, 0.2) is 12.3 Å². The van der Waals surface area contributed by atoms with Gasteiger partial charge in [0.05, 0.1) is 0 Å². The molecule has 17 heavy (non-hydrogen) atoms. The van der Waals surface area contributed by atoms with Crippen molar-refractivity contribution < 1.29 is 13.2 Å². The van der Waals surface area contributed by atoms with Crippen LogP contribution in [0.25, 0.3) is 0 Å². The maximum Gasteiger partial charge on any atom is 0.405 e. The summed E-state index contributed by atoms with van der Waals surface area (Å²) in [7, 11) is 1.38. The highest BCUT2D eigenvalue weighted by molar-refractivity contribution is 5.46. The summed E-state index contributed by atoms with van der Waals surface area (Å²) in [5.74, 6) is 0.350. The number of alkyl halides is 3. The first-order valence-corrected chi connectivity index (χ1v) is 5.27. The van der Waals surface area contributed by atoms with E-state index in [1.54, 1.807) is 13.1 Å². The lowest BCUT2D eigenvalue weighted by Crippen LogP contribution is -2.31. The Morgan fingerprint density at radius 2 is 2.06 bits per heavy atom. The molecule has 0 spiro atoms. The lowest BCUT2D eigenvalue weighted by Gasteiger charge is -2.21. The van der Waals surface area contributed by atoms with Gasteiger partial charge in [0.15, 0.2) is 0 Å². The van der Waals surface area contributed by atoms with Crippen LogP contribution < -0.4 is 10.6 Å². The van der Waals surface area contributed by atoms with Gasteiger partial charge in [-0.05, 0) is 31.0 Å². The van der Waals surface area contributed by atoms with Crippen molar-refractivity contribution >= 4 is 5.82 Å². The van der Waals surface area contributed by atoms with E-state index < -0.39 is 12.7 Å². The maximum atomic E-state index is 12.2. The molecule has 0 saturated heterocycles. The molecule has 96 valence electrons. The van der Waals surface area contributed by atoms with E-state index in [2.05, 4.69) is 4.98 Å². The van der Waals surface area contributed by atoms with Crippen molar-refractivity contribution in [3.63, 3.8) is 0 Å².